The van der Waals surface area contributed by atoms with Crippen molar-refractivity contribution in [1.82, 2.24) is 14.9 Å². The molecule has 2 unspecified atom stereocenters. The third kappa shape index (κ3) is 3.20. The Hall–Kier alpha value is -0.680. The van der Waals surface area contributed by atoms with Crippen molar-refractivity contribution in [3.05, 3.63) is 10.6 Å². The van der Waals surface area contributed by atoms with E-state index in [2.05, 4.69) is 21.8 Å². The van der Waals surface area contributed by atoms with Gasteiger partial charge in [-0.05, 0) is 36.7 Å². The molecule has 2 atom stereocenters. The first-order valence-electron chi connectivity index (χ1n) is 6.45. The molecule has 1 aromatic rings. The van der Waals surface area contributed by atoms with Gasteiger partial charge in [0.25, 0.3) is 5.91 Å². The highest BCUT2D eigenvalue weighted by molar-refractivity contribution is 7.08. The number of hydrogen-bond acceptors (Lipinski definition) is 4. The predicted octanol–water partition coefficient (Wildman–Crippen LogP) is 2.63. The van der Waals surface area contributed by atoms with E-state index in [1.807, 2.05) is 0 Å². The Bertz CT molecular complexity index is 410. The van der Waals surface area contributed by atoms with Crippen molar-refractivity contribution in [2.24, 2.45) is 5.92 Å². The molecule has 18 heavy (non-hydrogen) atoms. The summed E-state index contributed by atoms with van der Waals surface area (Å²) in [6.45, 7) is 2.73. The lowest BCUT2D eigenvalue weighted by Crippen LogP contribution is -2.31. The molecular formula is C12H18ClN3OS. The van der Waals surface area contributed by atoms with Gasteiger partial charge >= 0.3 is 0 Å². The Morgan fingerprint density at radius 2 is 2.39 bits per heavy atom. The summed E-state index contributed by atoms with van der Waals surface area (Å²) in [5.41, 5.74) is 0.814. The molecule has 100 valence electrons. The van der Waals surface area contributed by atoms with E-state index in [0.29, 0.717) is 17.3 Å². The fourth-order valence-corrected chi connectivity index (χ4v) is 3.30. The fourth-order valence-electron chi connectivity index (χ4n) is 2.31. The van der Waals surface area contributed by atoms with Crippen molar-refractivity contribution in [2.75, 3.05) is 6.54 Å². The maximum Gasteiger partial charge on any atom is 0.264 e. The zero-order chi connectivity index (χ0) is 13.0. The number of hydrogen-bond donors (Lipinski definition) is 1. The summed E-state index contributed by atoms with van der Waals surface area (Å²) in [6, 6.07) is 0. The minimum Gasteiger partial charge on any atom is -0.351 e. The number of carbonyl (C=O) groups excluding carboxylic acids is 1. The highest BCUT2D eigenvalue weighted by Gasteiger charge is 2.26. The number of aromatic nitrogens is 2. The maximum absolute atomic E-state index is 12.0. The zero-order valence-corrected chi connectivity index (χ0v) is 12.1. The number of carbonyl (C=O) groups is 1. The molecule has 0 bridgehead atoms. The number of rotatable bonds is 5. The van der Waals surface area contributed by atoms with E-state index < -0.39 is 0 Å². The first-order chi connectivity index (χ1) is 8.72. The van der Waals surface area contributed by atoms with Crippen LogP contribution in [0.5, 0.6) is 0 Å². The Kier molecular flexibility index (Phi) is 4.95. The van der Waals surface area contributed by atoms with E-state index in [1.54, 1.807) is 0 Å². The van der Waals surface area contributed by atoms with Crippen LogP contribution in [-0.2, 0) is 6.42 Å². The third-order valence-corrected chi connectivity index (χ3v) is 4.68. The summed E-state index contributed by atoms with van der Waals surface area (Å²) in [5.74, 6) is 0.357. The van der Waals surface area contributed by atoms with Crippen molar-refractivity contribution < 1.29 is 4.79 Å². The third-order valence-electron chi connectivity index (χ3n) is 3.34. The Labute approximate surface area is 116 Å². The van der Waals surface area contributed by atoms with Gasteiger partial charge in [-0.3, -0.25) is 4.79 Å². The molecule has 1 fully saturated rings. The average molecular weight is 288 g/mol. The van der Waals surface area contributed by atoms with Crippen LogP contribution in [0.25, 0.3) is 0 Å². The molecule has 0 aromatic carbocycles. The molecule has 4 nitrogen and oxygen atoms in total. The van der Waals surface area contributed by atoms with Gasteiger partial charge in [0, 0.05) is 11.9 Å². The van der Waals surface area contributed by atoms with Gasteiger partial charge in [-0.2, -0.15) is 0 Å². The quantitative estimate of drug-likeness (QED) is 0.847. The number of alkyl halides is 1. The smallest absolute Gasteiger partial charge is 0.264 e. The molecule has 6 heteroatoms. The van der Waals surface area contributed by atoms with Gasteiger partial charge in [0.15, 0.2) is 0 Å². The SMILES string of the molecule is CCCc1nnsc1C(=O)NCC1CCCC1Cl. The highest BCUT2D eigenvalue weighted by Crippen LogP contribution is 2.29. The van der Waals surface area contributed by atoms with Crippen molar-refractivity contribution in [3.8, 4) is 0 Å². The van der Waals surface area contributed by atoms with Gasteiger partial charge in [0.1, 0.15) is 4.88 Å². The number of halogens is 1. The Balaban J connectivity index is 1.89. The Morgan fingerprint density at radius 3 is 3.06 bits per heavy atom. The highest BCUT2D eigenvalue weighted by atomic mass is 35.5. The molecule has 1 saturated carbocycles. The van der Waals surface area contributed by atoms with Gasteiger partial charge in [0.2, 0.25) is 0 Å². The second kappa shape index (κ2) is 6.48. The molecule has 0 radical (unpaired) electrons. The van der Waals surface area contributed by atoms with E-state index >= 15 is 0 Å². The standard InChI is InChI=1S/C12H18ClN3OS/c1-2-4-10-11(18-16-15-10)12(17)14-7-8-5-3-6-9(8)13/h8-9H,2-7H2,1H3,(H,14,17). The first kappa shape index (κ1) is 13.7. The van der Waals surface area contributed by atoms with Gasteiger partial charge in [0.05, 0.1) is 5.69 Å². The second-order valence-corrected chi connectivity index (χ2v) is 6.03. The van der Waals surface area contributed by atoms with E-state index in [1.165, 1.54) is 11.5 Å². The van der Waals surface area contributed by atoms with Gasteiger partial charge in [-0.15, -0.1) is 16.7 Å². The molecule has 1 amide bonds. The van der Waals surface area contributed by atoms with Crippen molar-refractivity contribution in [3.63, 3.8) is 0 Å². The van der Waals surface area contributed by atoms with E-state index in [4.69, 9.17) is 11.6 Å². The number of nitrogens with zero attached hydrogens (tertiary/aromatic N) is 2. The largest absolute Gasteiger partial charge is 0.351 e. The van der Waals surface area contributed by atoms with Gasteiger partial charge < -0.3 is 5.32 Å². The van der Waals surface area contributed by atoms with Gasteiger partial charge in [-0.1, -0.05) is 24.3 Å². The lowest BCUT2D eigenvalue weighted by atomic mass is 10.1. The summed E-state index contributed by atoms with van der Waals surface area (Å²) in [7, 11) is 0. The van der Waals surface area contributed by atoms with Crippen molar-refractivity contribution in [2.45, 2.75) is 44.4 Å². The molecule has 0 aliphatic heterocycles. The summed E-state index contributed by atoms with van der Waals surface area (Å²) in [4.78, 5) is 12.7. The van der Waals surface area contributed by atoms with Gasteiger partial charge in [-0.25, -0.2) is 0 Å². The lowest BCUT2D eigenvalue weighted by molar-refractivity contribution is 0.0950. The summed E-state index contributed by atoms with van der Waals surface area (Å²) in [5, 5.41) is 7.17. The number of nitrogens with one attached hydrogen (secondary N) is 1. The lowest BCUT2D eigenvalue weighted by Gasteiger charge is -2.13. The van der Waals surface area contributed by atoms with Crippen LogP contribution in [0.1, 0.15) is 48.0 Å². The first-order valence-corrected chi connectivity index (χ1v) is 7.66. The minimum atomic E-state index is -0.0517. The molecule has 1 aliphatic carbocycles. The van der Waals surface area contributed by atoms with E-state index in [9.17, 15) is 4.79 Å². The topological polar surface area (TPSA) is 54.9 Å². The monoisotopic (exact) mass is 287 g/mol. The predicted molar refractivity (Wildman–Crippen MR) is 73.2 cm³/mol. The molecule has 1 heterocycles. The van der Waals surface area contributed by atoms with Crippen LogP contribution < -0.4 is 5.32 Å². The molecule has 1 N–H and O–H groups in total. The van der Waals surface area contributed by atoms with Crippen LogP contribution >= 0.6 is 23.1 Å². The summed E-state index contributed by atoms with van der Waals surface area (Å²) < 4.78 is 3.86. The summed E-state index contributed by atoms with van der Waals surface area (Å²) >= 11 is 7.37. The van der Waals surface area contributed by atoms with E-state index in [-0.39, 0.29) is 11.3 Å². The number of aryl methyl sites for hydroxylation is 1. The summed E-state index contributed by atoms with van der Waals surface area (Å²) in [6.07, 6.45) is 5.11. The zero-order valence-electron chi connectivity index (χ0n) is 10.5. The second-order valence-electron chi connectivity index (χ2n) is 4.72. The molecular weight excluding hydrogens is 270 g/mol. The van der Waals surface area contributed by atoms with Crippen LogP contribution in [0.3, 0.4) is 0 Å². The fraction of sp³-hybridized carbons (Fsp3) is 0.750. The molecule has 1 aromatic heterocycles. The Morgan fingerprint density at radius 1 is 1.56 bits per heavy atom. The average Bonchev–Trinajstić information content (AvgIpc) is 2.96. The van der Waals surface area contributed by atoms with Crippen molar-refractivity contribution >= 4 is 29.0 Å². The van der Waals surface area contributed by atoms with Crippen molar-refractivity contribution in [1.29, 1.82) is 0 Å². The maximum atomic E-state index is 12.0. The van der Waals surface area contributed by atoms with Crippen LogP contribution in [-0.4, -0.2) is 27.4 Å². The van der Waals surface area contributed by atoms with Crippen LogP contribution in [0.2, 0.25) is 0 Å². The number of amides is 1. The minimum absolute atomic E-state index is 0.0517. The van der Waals surface area contributed by atoms with Crippen LogP contribution in [0.4, 0.5) is 0 Å². The van der Waals surface area contributed by atoms with Crippen LogP contribution in [0.15, 0.2) is 0 Å². The molecule has 0 spiro atoms. The molecule has 0 saturated heterocycles. The van der Waals surface area contributed by atoms with E-state index in [0.717, 1.165) is 37.8 Å². The molecule has 2 rings (SSSR count). The normalized spacial score (nSPS) is 23.2. The van der Waals surface area contributed by atoms with Crippen LogP contribution in [0, 0.1) is 5.92 Å². The molecule has 1 aliphatic rings.